The minimum atomic E-state index is -1.28. The van der Waals surface area contributed by atoms with Crippen molar-refractivity contribution < 1.29 is 24.5 Å². The van der Waals surface area contributed by atoms with Gasteiger partial charge in [0.1, 0.15) is 11.9 Å². The molecular weight excluding hydrogens is 371 g/mol. The van der Waals surface area contributed by atoms with Gasteiger partial charge in [0.05, 0.1) is 11.2 Å². The summed E-state index contributed by atoms with van der Waals surface area (Å²) in [6, 6.07) is 18.2. The molecule has 0 amide bonds. The van der Waals surface area contributed by atoms with Crippen molar-refractivity contribution in [2.24, 2.45) is 0 Å². The molecule has 0 saturated carbocycles. The van der Waals surface area contributed by atoms with E-state index in [9.17, 15) is 24.5 Å². The number of hydrogen-bond acceptors (Lipinski definition) is 3. The molecule has 4 nitrogen and oxygen atoms in total. The summed E-state index contributed by atoms with van der Waals surface area (Å²) >= 11 is 0. The fourth-order valence-corrected chi connectivity index (χ4v) is 4.11. The van der Waals surface area contributed by atoms with Crippen LogP contribution in [0.15, 0.2) is 66.7 Å². The van der Waals surface area contributed by atoms with E-state index >= 15 is 0 Å². The Bertz CT molecular complexity index is 1060. The van der Waals surface area contributed by atoms with Gasteiger partial charge in [-0.1, -0.05) is 48.5 Å². The second kappa shape index (κ2) is 7.43. The van der Waals surface area contributed by atoms with Crippen LogP contribution in [-0.2, 0) is 12.8 Å². The highest BCUT2D eigenvalue weighted by Crippen LogP contribution is 2.41. The van der Waals surface area contributed by atoms with Crippen LogP contribution in [0.3, 0.4) is 0 Å². The summed E-state index contributed by atoms with van der Waals surface area (Å²) < 4.78 is 13.7. The smallest absolute Gasteiger partial charge is 0.336 e. The first kappa shape index (κ1) is 19.3. The van der Waals surface area contributed by atoms with Gasteiger partial charge in [-0.3, -0.25) is 0 Å². The van der Waals surface area contributed by atoms with Gasteiger partial charge in [0.15, 0.2) is 0 Å². The maximum absolute atomic E-state index is 13.7. The number of aromatic carboxylic acids is 1. The third-order valence-corrected chi connectivity index (χ3v) is 5.65. The molecule has 148 valence electrons. The molecule has 0 aliphatic heterocycles. The van der Waals surface area contributed by atoms with Gasteiger partial charge in [-0.05, 0) is 58.9 Å². The van der Waals surface area contributed by atoms with Crippen LogP contribution in [0, 0.1) is 5.82 Å². The Morgan fingerprint density at radius 2 is 1.83 bits per heavy atom. The molecule has 0 unspecified atom stereocenters. The molecule has 0 aromatic heterocycles. The molecular formula is C24H21FO4. The highest BCUT2D eigenvalue weighted by molar-refractivity contribution is 5.96. The van der Waals surface area contributed by atoms with Crippen LogP contribution in [-0.4, -0.2) is 26.9 Å². The van der Waals surface area contributed by atoms with Crippen molar-refractivity contribution in [3.63, 3.8) is 0 Å². The molecule has 3 aromatic carbocycles. The van der Waals surface area contributed by atoms with E-state index in [1.807, 2.05) is 30.3 Å². The van der Waals surface area contributed by atoms with E-state index in [0.29, 0.717) is 36.0 Å². The van der Waals surface area contributed by atoms with Crippen molar-refractivity contribution in [1.82, 2.24) is 0 Å². The molecule has 0 spiro atoms. The van der Waals surface area contributed by atoms with E-state index in [1.165, 1.54) is 12.1 Å². The lowest BCUT2D eigenvalue weighted by atomic mass is 9.74. The monoisotopic (exact) mass is 392 g/mol. The number of carboxylic acid groups (broad SMARTS) is 1. The molecule has 0 heterocycles. The largest absolute Gasteiger partial charge is 0.478 e. The van der Waals surface area contributed by atoms with Crippen LogP contribution < -0.4 is 0 Å². The van der Waals surface area contributed by atoms with Crippen LogP contribution in [0.1, 0.15) is 39.6 Å². The molecule has 0 bridgehead atoms. The molecule has 29 heavy (non-hydrogen) atoms. The van der Waals surface area contributed by atoms with E-state index < -0.39 is 23.5 Å². The fourth-order valence-electron chi connectivity index (χ4n) is 4.11. The average Bonchev–Trinajstić information content (AvgIpc) is 2.71. The molecule has 3 aromatic rings. The fraction of sp³-hybridized carbons (Fsp3) is 0.208. The zero-order valence-electron chi connectivity index (χ0n) is 15.7. The van der Waals surface area contributed by atoms with Crippen molar-refractivity contribution in [3.05, 3.63) is 94.8 Å². The summed E-state index contributed by atoms with van der Waals surface area (Å²) in [4.78, 5) is 11.5. The van der Waals surface area contributed by atoms with Gasteiger partial charge in [-0.2, -0.15) is 0 Å². The van der Waals surface area contributed by atoms with Gasteiger partial charge in [-0.25, -0.2) is 9.18 Å². The van der Waals surface area contributed by atoms with E-state index in [-0.39, 0.29) is 5.56 Å². The quantitative estimate of drug-likeness (QED) is 0.624. The molecule has 0 radical (unpaired) electrons. The number of rotatable bonds is 4. The number of halogens is 1. The summed E-state index contributed by atoms with van der Waals surface area (Å²) in [7, 11) is 0. The van der Waals surface area contributed by atoms with Crippen molar-refractivity contribution >= 4 is 5.97 Å². The Labute approximate surface area is 167 Å². The third-order valence-electron chi connectivity index (χ3n) is 5.65. The van der Waals surface area contributed by atoms with Gasteiger partial charge in [-0.15, -0.1) is 0 Å². The number of carbonyl (C=O) groups is 1. The normalized spacial score (nSPS) is 20.9. The number of hydrogen-bond donors (Lipinski definition) is 3. The summed E-state index contributed by atoms with van der Waals surface area (Å²) in [5.41, 5.74) is 1.99. The van der Waals surface area contributed by atoms with Gasteiger partial charge in [0.25, 0.3) is 0 Å². The first-order chi connectivity index (χ1) is 13.9. The maximum Gasteiger partial charge on any atom is 0.336 e. The topological polar surface area (TPSA) is 77.8 Å². The zero-order chi connectivity index (χ0) is 20.6. The second-order valence-corrected chi connectivity index (χ2v) is 7.58. The Hall–Kier alpha value is -3.02. The second-order valence-electron chi connectivity index (χ2n) is 7.58. The number of carboxylic acids is 1. The van der Waals surface area contributed by atoms with Crippen molar-refractivity contribution in [2.45, 2.75) is 31.0 Å². The van der Waals surface area contributed by atoms with E-state index in [0.717, 1.165) is 17.2 Å². The summed E-state index contributed by atoms with van der Waals surface area (Å²) in [6.07, 6.45) is 0.172. The van der Waals surface area contributed by atoms with Gasteiger partial charge >= 0.3 is 5.97 Å². The van der Waals surface area contributed by atoms with Crippen molar-refractivity contribution in [3.8, 4) is 11.1 Å². The van der Waals surface area contributed by atoms with Gasteiger partial charge in [0, 0.05) is 6.42 Å². The molecule has 5 heteroatoms. The Morgan fingerprint density at radius 1 is 1.07 bits per heavy atom. The minimum absolute atomic E-state index is 0.0169. The SMILES string of the molecule is O=C(O)c1ccc(F)cc1-c1ccc2c(c1)CC[C@@](O)(Cc1ccccc1)[C@H]2O. The third kappa shape index (κ3) is 3.67. The van der Waals surface area contributed by atoms with Crippen LogP contribution in [0.4, 0.5) is 4.39 Å². The lowest BCUT2D eigenvalue weighted by molar-refractivity contribution is -0.0884. The highest BCUT2D eigenvalue weighted by Gasteiger charge is 2.41. The number of aliphatic hydroxyl groups is 2. The lowest BCUT2D eigenvalue weighted by Gasteiger charge is -2.38. The van der Waals surface area contributed by atoms with Crippen LogP contribution in [0.2, 0.25) is 0 Å². The van der Waals surface area contributed by atoms with E-state index in [4.69, 9.17) is 0 Å². The number of aryl methyl sites for hydroxylation is 1. The first-order valence-electron chi connectivity index (χ1n) is 9.48. The Balaban J connectivity index is 1.69. The molecule has 1 aliphatic carbocycles. The number of benzene rings is 3. The average molecular weight is 392 g/mol. The predicted octanol–water partition coefficient (Wildman–Crippen LogP) is 4.14. The molecule has 1 aliphatic rings. The maximum atomic E-state index is 13.7. The highest BCUT2D eigenvalue weighted by atomic mass is 19.1. The Kier molecular flexibility index (Phi) is 4.94. The van der Waals surface area contributed by atoms with Gasteiger partial charge < -0.3 is 15.3 Å². The Morgan fingerprint density at radius 3 is 2.55 bits per heavy atom. The standard InChI is InChI=1S/C24H21FO4/c25-18-7-9-20(23(27)28)21(13-18)16-6-8-19-17(12-16)10-11-24(29,22(19)26)14-15-4-2-1-3-5-15/h1-9,12-13,22,26,29H,10-11,14H2,(H,27,28)/t22-,24+/m0/s1. The molecule has 3 N–H and O–H groups in total. The molecule has 0 saturated heterocycles. The number of fused-ring (bicyclic) bond motifs is 1. The van der Waals surface area contributed by atoms with Crippen molar-refractivity contribution in [1.29, 1.82) is 0 Å². The number of aliphatic hydroxyl groups excluding tert-OH is 1. The van der Waals surface area contributed by atoms with Crippen LogP contribution >= 0.6 is 0 Å². The minimum Gasteiger partial charge on any atom is -0.478 e. The summed E-state index contributed by atoms with van der Waals surface area (Å²) in [5.74, 6) is -1.64. The molecule has 4 rings (SSSR count). The predicted molar refractivity (Wildman–Crippen MR) is 107 cm³/mol. The molecule has 0 fully saturated rings. The van der Waals surface area contributed by atoms with Crippen molar-refractivity contribution in [2.75, 3.05) is 0 Å². The lowest BCUT2D eigenvalue weighted by Crippen LogP contribution is -2.42. The van der Waals surface area contributed by atoms with Crippen LogP contribution in [0.25, 0.3) is 11.1 Å². The van der Waals surface area contributed by atoms with E-state index in [2.05, 4.69) is 0 Å². The van der Waals surface area contributed by atoms with E-state index in [1.54, 1.807) is 18.2 Å². The summed E-state index contributed by atoms with van der Waals surface area (Å²) in [6.45, 7) is 0. The van der Waals surface area contributed by atoms with Gasteiger partial charge in [0.2, 0.25) is 0 Å². The zero-order valence-corrected chi connectivity index (χ0v) is 15.7. The van der Waals surface area contributed by atoms with Crippen LogP contribution in [0.5, 0.6) is 0 Å². The first-order valence-corrected chi connectivity index (χ1v) is 9.48. The molecule has 2 atom stereocenters. The summed E-state index contributed by atoms with van der Waals surface area (Å²) in [5, 5.41) is 31.4.